The highest BCUT2D eigenvalue weighted by molar-refractivity contribution is 5.82. The molecule has 3 heteroatoms. The summed E-state index contributed by atoms with van der Waals surface area (Å²) in [6, 6.07) is 0. The summed E-state index contributed by atoms with van der Waals surface area (Å²) in [4.78, 5) is 12.7. The molecule has 0 aromatic carbocycles. The van der Waals surface area contributed by atoms with Gasteiger partial charge in [-0.25, -0.2) is 0 Å². The van der Waals surface area contributed by atoms with Crippen molar-refractivity contribution < 1.29 is 14.3 Å². The molecule has 0 saturated heterocycles. The summed E-state index contributed by atoms with van der Waals surface area (Å²) in [5.41, 5.74) is 0.112. The average Bonchev–Trinajstić information content (AvgIpc) is 2.57. The maximum absolute atomic E-state index is 12.7. The third kappa shape index (κ3) is 6.15. The predicted octanol–water partition coefficient (Wildman–Crippen LogP) is 5.31. The molecule has 0 spiro atoms. The second kappa shape index (κ2) is 11.3. The second-order valence-electron chi connectivity index (χ2n) is 7.85. The molecule has 0 aromatic heterocycles. The van der Waals surface area contributed by atoms with E-state index in [1.54, 1.807) is 0 Å². The molecule has 3 nitrogen and oxygen atoms in total. The molecule has 0 N–H and O–H groups in total. The molecule has 0 radical (unpaired) electrons. The molecule has 0 bridgehead atoms. The lowest BCUT2D eigenvalue weighted by atomic mass is 9.62. The van der Waals surface area contributed by atoms with Crippen molar-refractivity contribution in [3.63, 3.8) is 0 Å². The second-order valence-corrected chi connectivity index (χ2v) is 7.85. The molecule has 0 heterocycles. The van der Waals surface area contributed by atoms with Crippen LogP contribution in [0.3, 0.4) is 0 Å². The fraction of sp³-hybridized carbons (Fsp3) is 0.952. The van der Waals surface area contributed by atoms with E-state index in [0.29, 0.717) is 19.0 Å². The molecular formula is C21H38O3. The van der Waals surface area contributed by atoms with Crippen molar-refractivity contribution in [1.82, 2.24) is 0 Å². The Morgan fingerprint density at radius 1 is 0.875 bits per heavy atom. The minimum absolute atomic E-state index is 0.112. The van der Waals surface area contributed by atoms with Gasteiger partial charge in [0.25, 0.3) is 0 Å². The number of carbonyl (C=O) groups is 1. The van der Waals surface area contributed by atoms with Crippen LogP contribution in [0.2, 0.25) is 0 Å². The van der Waals surface area contributed by atoms with E-state index in [1.165, 1.54) is 64.2 Å². The van der Waals surface area contributed by atoms with Crippen molar-refractivity contribution in [3.8, 4) is 0 Å². The van der Waals surface area contributed by atoms with Gasteiger partial charge in [0.1, 0.15) is 5.78 Å². The van der Waals surface area contributed by atoms with Crippen LogP contribution in [0, 0.1) is 11.3 Å². The van der Waals surface area contributed by atoms with E-state index < -0.39 is 0 Å². The van der Waals surface area contributed by atoms with Crippen molar-refractivity contribution in [2.24, 2.45) is 11.3 Å². The molecule has 0 aliphatic heterocycles. The summed E-state index contributed by atoms with van der Waals surface area (Å²) in [5, 5.41) is 0. The monoisotopic (exact) mass is 338 g/mol. The normalized spacial score (nSPS) is 30.2. The largest absolute Gasteiger partial charge is 0.379 e. The third-order valence-corrected chi connectivity index (χ3v) is 6.11. The average molecular weight is 339 g/mol. The molecule has 2 atom stereocenters. The van der Waals surface area contributed by atoms with Crippen molar-refractivity contribution in [3.05, 3.63) is 0 Å². The van der Waals surface area contributed by atoms with Crippen molar-refractivity contribution in [2.75, 3.05) is 26.4 Å². The van der Waals surface area contributed by atoms with Gasteiger partial charge >= 0.3 is 0 Å². The van der Waals surface area contributed by atoms with E-state index >= 15 is 0 Å². The topological polar surface area (TPSA) is 35.5 Å². The molecule has 0 aromatic rings. The zero-order chi connectivity index (χ0) is 17.1. The zero-order valence-corrected chi connectivity index (χ0v) is 15.8. The number of Topliss-reactive ketones (excluding diaryl/α,β-unsaturated/α-hetero) is 1. The Hall–Kier alpha value is -0.410. The van der Waals surface area contributed by atoms with Crippen LogP contribution in [-0.2, 0) is 14.3 Å². The minimum Gasteiger partial charge on any atom is -0.379 e. The molecule has 2 unspecified atom stereocenters. The van der Waals surface area contributed by atoms with Gasteiger partial charge in [-0.3, -0.25) is 4.79 Å². The Balaban J connectivity index is 1.99. The maximum atomic E-state index is 12.7. The lowest BCUT2D eigenvalue weighted by molar-refractivity contribution is -0.136. The first kappa shape index (κ1) is 19.9. The quantitative estimate of drug-likeness (QED) is 0.616. The van der Waals surface area contributed by atoms with Gasteiger partial charge in [0.05, 0.1) is 19.8 Å². The molecule has 24 heavy (non-hydrogen) atoms. The van der Waals surface area contributed by atoms with Gasteiger partial charge in [0, 0.05) is 24.4 Å². The summed E-state index contributed by atoms with van der Waals surface area (Å²) >= 11 is 0. The zero-order valence-electron chi connectivity index (χ0n) is 15.8. The summed E-state index contributed by atoms with van der Waals surface area (Å²) < 4.78 is 11.4. The minimum atomic E-state index is 0.112. The van der Waals surface area contributed by atoms with Crippen LogP contribution in [0.5, 0.6) is 0 Å². The van der Waals surface area contributed by atoms with Crippen LogP contribution in [0.15, 0.2) is 0 Å². The number of ether oxygens (including phenoxy) is 2. The van der Waals surface area contributed by atoms with Gasteiger partial charge in [0.2, 0.25) is 0 Å². The first-order chi connectivity index (χ1) is 11.8. The summed E-state index contributed by atoms with van der Waals surface area (Å²) in [7, 11) is 0. The van der Waals surface area contributed by atoms with E-state index in [9.17, 15) is 4.79 Å². The SMILES string of the molecule is CCOCCOCC12CCCCCCCCCCC1C(=O)CCC2. The van der Waals surface area contributed by atoms with Crippen molar-refractivity contribution in [1.29, 1.82) is 0 Å². The van der Waals surface area contributed by atoms with Gasteiger partial charge in [-0.05, 0) is 32.6 Å². The summed E-state index contributed by atoms with van der Waals surface area (Å²) in [5.74, 6) is 0.768. The first-order valence-electron chi connectivity index (χ1n) is 10.5. The highest BCUT2D eigenvalue weighted by atomic mass is 16.5. The number of hydrogen-bond donors (Lipinski definition) is 0. The Bertz CT molecular complexity index is 355. The summed E-state index contributed by atoms with van der Waals surface area (Å²) in [6.45, 7) is 4.86. The molecule has 2 rings (SSSR count). The smallest absolute Gasteiger partial charge is 0.136 e. The van der Waals surface area contributed by atoms with Gasteiger partial charge in [-0.15, -0.1) is 0 Å². The number of carbonyl (C=O) groups excluding carboxylic acids is 1. The fourth-order valence-electron chi connectivity index (χ4n) is 4.74. The van der Waals surface area contributed by atoms with Gasteiger partial charge in [-0.2, -0.15) is 0 Å². The molecule has 2 fully saturated rings. The number of rotatable bonds is 6. The Morgan fingerprint density at radius 3 is 2.25 bits per heavy atom. The molecule has 2 aliphatic carbocycles. The van der Waals surface area contributed by atoms with Crippen LogP contribution in [0.25, 0.3) is 0 Å². The standard InChI is InChI=1S/C21H38O3/c1-2-23-16-17-24-18-21-14-10-8-6-4-3-5-7-9-12-19(21)20(22)13-11-15-21/h19H,2-18H2,1H3. The highest BCUT2D eigenvalue weighted by Crippen LogP contribution is 2.46. The van der Waals surface area contributed by atoms with Crippen LogP contribution in [0.1, 0.15) is 90.4 Å². The van der Waals surface area contributed by atoms with Gasteiger partial charge in [0.15, 0.2) is 0 Å². The van der Waals surface area contributed by atoms with E-state index in [1.807, 2.05) is 6.92 Å². The van der Waals surface area contributed by atoms with Crippen molar-refractivity contribution >= 4 is 5.78 Å². The predicted molar refractivity (Wildman–Crippen MR) is 98.3 cm³/mol. The number of fused-ring (bicyclic) bond motifs is 1. The molecule has 2 saturated carbocycles. The molecule has 140 valence electrons. The van der Waals surface area contributed by atoms with Crippen LogP contribution >= 0.6 is 0 Å². The number of hydrogen-bond acceptors (Lipinski definition) is 3. The fourth-order valence-corrected chi connectivity index (χ4v) is 4.74. The third-order valence-electron chi connectivity index (χ3n) is 6.11. The molecule has 0 amide bonds. The van der Waals surface area contributed by atoms with Crippen LogP contribution < -0.4 is 0 Å². The number of ketones is 1. The summed E-state index contributed by atoms with van der Waals surface area (Å²) in [6.07, 6.45) is 15.9. The van der Waals surface area contributed by atoms with Crippen LogP contribution in [-0.4, -0.2) is 32.2 Å². The van der Waals surface area contributed by atoms with E-state index in [2.05, 4.69) is 0 Å². The Labute approximate surface area is 148 Å². The molecule has 2 aliphatic rings. The van der Waals surface area contributed by atoms with Gasteiger partial charge in [-0.1, -0.05) is 51.4 Å². The van der Waals surface area contributed by atoms with E-state index in [4.69, 9.17) is 9.47 Å². The Morgan fingerprint density at radius 2 is 1.50 bits per heavy atom. The lowest BCUT2D eigenvalue weighted by Crippen LogP contribution is -2.43. The Kier molecular flexibility index (Phi) is 9.33. The van der Waals surface area contributed by atoms with Crippen LogP contribution in [0.4, 0.5) is 0 Å². The highest BCUT2D eigenvalue weighted by Gasteiger charge is 2.44. The van der Waals surface area contributed by atoms with Crippen molar-refractivity contribution in [2.45, 2.75) is 90.4 Å². The lowest BCUT2D eigenvalue weighted by Gasteiger charge is -2.44. The van der Waals surface area contributed by atoms with Gasteiger partial charge < -0.3 is 9.47 Å². The van der Waals surface area contributed by atoms with E-state index in [0.717, 1.165) is 32.5 Å². The van der Waals surface area contributed by atoms with E-state index in [-0.39, 0.29) is 11.3 Å². The maximum Gasteiger partial charge on any atom is 0.136 e. The molecular weight excluding hydrogens is 300 g/mol. The first-order valence-corrected chi connectivity index (χ1v) is 10.5.